The first-order valence-corrected chi connectivity index (χ1v) is 12.8. The number of piperazine rings is 1. The van der Waals surface area contributed by atoms with Gasteiger partial charge in [-0.15, -0.1) is 0 Å². The first-order chi connectivity index (χ1) is 17.9. The van der Waals surface area contributed by atoms with Gasteiger partial charge in [0.05, 0.1) is 29.6 Å². The molecule has 0 aromatic heterocycles. The molecule has 7 heteroatoms. The highest BCUT2D eigenvalue weighted by molar-refractivity contribution is 6.07. The fourth-order valence-electron chi connectivity index (χ4n) is 4.42. The molecule has 4 rings (SSSR count). The van der Waals surface area contributed by atoms with Crippen molar-refractivity contribution in [2.75, 3.05) is 43.0 Å². The molecule has 1 saturated heterocycles. The van der Waals surface area contributed by atoms with Crippen molar-refractivity contribution in [3.8, 4) is 5.75 Å². The number of nitrogens with one attached hydrogen (secondary N) is 1. The van der Waals surface area contributed by atoms with E-state index in [1.165, 1.54) is 5.56 Å². The maximum Gasteiger partial charge on any atom is 0.338 e. The molecule has 1 aliphatic rings. The number of rotatable bonds is 9. The zero-order valence-electron chi connectivity index (χ0n) is 21.8. The Hall–Kier alpha value is -3.84. The molecule has 0 spiro atoms. The van der Waals surface area contributed by atoms with Crippen LogP contribution in [0.15, 0.2) is 72.8 Å². The van der Waals surface area contributed by atoms with E-state index in [0.717, 1.165) is 38.4 Å². The number of hydrogen-bond donors (Lipinski definition) is 1. The third-order valence-electron chi connectivity index (χ3n) is 6.19. The van der Waals surface area contributed by atoms with Gasteiger partial charge in [-0.25, -0.2) is 4.79 Å². The topological polar surface area (TPSA) is 71.1 Å². The molecule has 194 valence electrons. The number of benzene rings is 3. The predicted octanol–water partition coefficient (Wildman–Crippen LogP) is 5.23. The molecule has 1 amide bonds. The van der Waals surface area contributed by atoms with E-state index in [0.29, 0.717) is 22.6 Å². The highest BCUT2D eigenvalue weighted by Gasteiger charge is 2.22. The Bertz CT molecular complexity index is 1200. The van der Waals surface area contributed by atoms with Crippen molar-refractivity contribution in [1.29, 1.82) is 0 Å². The lowest BCUT2D eigenvalue weighted by Gasteiger charge is -2.37. The number of esters is 1. The van der Waals surface area contributed by atoms with Crippen LogP contribution in [-0.4, -0.2) is 55.7 Å². The van der Waals surface area contributed by atoms with Crippen molar-refractivity contribution < 1.29 is 19.1 Å². The van der Waals surface area contributed by atoms with Crippen LogP contribution in [0.3, 0.4) is 0 Å². The van der Waals surface area contributed by atoms with Gasteiger partial charge >= 0.3 is 5.97 Å². The van der Waals surface area contributed by atoms with Crippen LogP contribution in [0.4, 0.5) is 11.4 Å². The van der Waals surface area contributed by atoms with Gasteiger partial charge < -0.3 is 19.7 Å². The third kappa shape index (κ3) is 7.11. The van der Waals surface area contributed by atoms with Gasteiger partial charge in [0.25, 0.3) is 5.91 Å². The van der Waals surface area contributed by atoms with Crippen LogP contribution in [0.2, 0.25) is 0 Å². The van der Waals surface area contributed by atoms with Gasteiger partial charge in [0.15, 0.2) is 0 Å². The number of nitrogens with zero attached hydrogens (tertiary/aromatic N) is 2. The fourth-order valence-corrected chi connectivity index (χ4v) is 4.42. The summed E-state index contributed by atoms with van der Waals surface area (Å²) in [6.45, 7) is 10.3. The lowest BCUT2D eigenvalue weighted by Crippen LogP contribution is -2.46. The SMILES string of the molecule is CCOC(=O)c1ccc(N2CCN(Cc3ccccc3)CC2)c(NC(=O)c2cccc(OC(C)C)c2)c1. The van der Waals surface area contributed by atoms with Gasteiger partial charge in [-0.3, -0.25) is 9.69 Å². The summed E-state index contributed by atoms with van der Waals surface area (Å²) in [6, 6.07) is 22.9. The van der Waals surface area contributed by atoms with E-state index in [1.807, 2.05) is 32.0 Å². The third-order valence-corrected chi connectivity index (χ3v) is 6.19. The summed E-state index contributed by atoms with van der Waals surface area (Å²) in [7, 11) is 0. The zero-order chi connectivity index (χ0) is 26.2. The maximum absolute atomic E-state index is 13.2. The molecule has 7 nitrogen and oxygen atoms in total. The van der Waals surface area contributed by atoms with Crippen LogP contribution in [0, 0.1) is 0 Å². The normalized spacial score (nSPS) is 13.9. The Kier molecular flexibility index (Phi) is 8.80. The van der Waals surface area contributed by atoms with Crippen molar-refractivity contribution >= 4 is 23.3 Å². The molecular weight excluding hydrogens is 466 g/mol. The van der Waals surface area contributed by atoms with Crippen molar-refractivity contribution in [2.45, 2.75) is 33.4 Å². The number of anilines is 2. The van der Waals surface area contributed by atoms with Gasteiger partial charge in [0, 0.05) is 38.3 Å². The van der Waals surface area contributed by atoms with Crippen LogP contribution in [0.25, 0.3) is 0 Å². The van der Waals surface area contributed by atoms with Crippen LogP contribution >= 0.6 is 0 Å². The van der Waals surface area contributed by atoms with Crippen LogP contribution < -0.4 is 15.0 Å². The number of ether oxygens (including phenoxy) is 2. The summed E-state index contributed by atoms with van der Waals surface area (Å²) in [5, 5.41) is 3.04. The Balaban J connectivity index is 1.52. The summed E-state index contributed by atoms with van der Waals surface area (Å²) in [6.07, 6.45) is 0.00623. The van der Waals surface area contributed by atoms with E-state index in [2.05, 4.69) is 39.4 Å². The summed E-state index contributed by atoms with van der Waals surface area (Å²) < 4.78 is 10.9. The number of carbonyl (C=O) groups excluding carboxylic acids is 2. The molecule has 3 aromatic carbocycles. The molecule has 1 N–H and O–H groups in total. The largest absolute Gasteiger partial charge is 0.491 e. The van der Waals surface area contributed by atoms with Crippen molar-refractivity contribution in [3.63, 3.8) is 0 Å². The standard InChI is InChI=1S/C30H35N3O4/c1-4-36-30(35)25-13-14-28(33-17-15-32(16-18-33)21-23-9-6-5-7-10-23)27(20-25)31-29(34)24-11-8-12-26(19-24)37-22(2)3/h5-14,19-20,22H,4,15-18,21H2,1-3H3,(H,31,34). The molecule has 0 bridgehead atoms. The Morgan fingerprint density at radius 2 is 1.65 bits per heavy atom. The average molecular weight is 502 g/mol. The van der Waals surface area contributed by atoms with E-state index in [4.69, 9.17) is 9.47 Å². The van der Waals surface area contributed by atoms with Gasteiger partial charge in [-0.2, -0.15) is 0 Å². The second kappa shape index (κ2) is 12.4. The molecule has 0 saturated carbocycles. The Labute approximate surface area is 219 Å². The number of amides is 1. The fraction of sp³-hybridized carbons (Fsp3) is 0.333. The lowest BCUT2D eigenvalue weighted by molar-refractivity contribution is 0.0526. The van der Waals surface area contributed by atoms with Crippen LogP contribution in [-0.2, 0) is 11.3 Å². The number of hydrogen-bond acceptors (Lipinski definition) is 6. The zero-order valence-corrected chi connectivity index (χ0v) is 21.8. The van der Waals surface area contributed by atoms with Gasteiger partial charge in [0.1, 0.15) is 5.75 Å². The molecule has 3 aromatic rings. The molecule has 0 radical (unpaired) electrons. The van der Waals surface area contributed by atoms with E-state index in [1.54, 1.807) is 37.3 Å². The van der Waals surface area contributed by atoms with Gasteiger partial charge in [-0.1, -0.05) is 36.4 Å². The van der Waals surface area contributed by atoms with E-state index >= 15 is 0 Å². The summed E-state index contributed by atoms with van der Waals surface area (Å²) in [5.41, 5.74) is 3.66. The minimum atomic E-state index is -0.412. The second-order valence-corrected chi connectivity index (χ2v) is 9.35. The highest BCUT2D eigenvalue weighted by atomic mass is 16.5. The first kappa shape index (κ1) is 26.2. The quantitative estimate of drug-likeness (QED) is 0.405. The second-order valence-electron chi connectivity index (χ2n) is 9.35. The summed E-state index contributed by atoms with van der Waals surface area (Å²) in [5.74, 6) is -0.0403. The predicted molar refractivity (Wildman–Crippen MR) is 146 cm³/mol. The molecule has 0 aliphatic carbocycles. The van der Waals surface area contributed by atoms with E-state index < -0.39 is 5.97 Å². The Morgan fingerprint density at radius 1 is 0.892 bits per heavy atom. The minimum Gasteiger partial charge on any atom is -0.491 e. The summed E-state index contributed by atoms with van der Waals surface area (Å²) in [4.78, 5) is 30.4. The van der Waals surface area contributed by atoms with Gasteiger partial charge in [-0.05, 0) is 62.7 Å². The first-order valence-electron chi connectivity index (χ1n) is 12.8. The van der Waals surface area contributed by atoms with Gasteiger partial charge in [0.2, 0.25) is 0 Å². The molecule has 0 atom stereocenters. The molecule has 1 fully saturated rings. The molecular formula is C30H35N3O4. The maximum atomic E-state index is 13.2. The molecule has 0 unspecified atom stereocenters. The smallest absolute Gasteiger partial charge is 0.338 e. The number of carbonyl (C=O) groups is 2. The lowest BCUT2D eigenvalue weighted by atomic mass is 10.1. The van der Waals surface area contributed by atoms with Crippen molar-refractivity contribution in [1.82, 2.24) is 4.90 Å². The molecule has 1 aliphatic heterocycles. The van der Waals surface area contributed by atoms with Crippen molar-refractivity contribution in [3.05, 3.63) is 89.5 Å². The van der Waals surface area contributed by atoms with E-state index in [-0.39, 0.29) is 18.6 Å². The minimum absolute atomic E-state index is 0.00623. The Morgan fingerprint density at radius 3 is 2.35 bits per heavy atom. The van der Waals surface area contributed by atoms with E-state index in [9.17, 15) is 9.59 Å². The molecule has 1 heterocycles. The van der Waals surface area contributed by atoms with Crippen molar-refractivity contribution in [2.24, 2.45) is 0 Å². The average Bonchev–Trinajstić information content (AvgIpc) is 2.90. The van der Waals surface area contributed by atoms with Crippen LogP contribution in [0.5, 0.6) is 5.75 Å². The van der Waals surface area contributed by atoms with Crippen LogP contribution in [0.1, 0.15) is 47.1 Å². The molecule has 37 heavy (non-hydrogen) atoms. The highest BCUT2D eigenvalue weighted by Crippen LogP contribution is 2.30. The monoisotopic (exact) mass is 501 g/mol. The summed E-state index contributed by atoms with van der Waals surface area (Å²) >= 11 is 0.